The van der Waals surface area contributed by atoms with Crippen LogP contribution in [-0.2, 0) is 14.3 Å². The predicted octanol–water partition coefficient (Wildman–Crippen LogP) is 0.855. The summed E-state index contributed by atoms with van der Waals surface area (Å²) in [4.78, 5) is 11.3. The van der Waals surface area contributed by atoms with Crippen molar-refractivity contribution in [2.45, 2.75) is 12.3 Å². The molecule has 5 nitrogen and oxygen atoms in total. The van der Waals surface area contributed by atoms with Gasteiger partial charge in [0.1, 0.15) is 18.0 Å². The Morgan fingerprint density at radius 2 is 2.06 bits per heavy atom. The molecule has 1 N–H and O–H groups in total. The maximum atomic E-state index is 11.3. The standard InChI is InChI=1S/C12H15NO4/c1-15-9-5-3-8(4-6-9)11-13-10(7-17-11)12(14)16-2/h3-6,10-11,13H,7H2,1-2H3. The summed E-state index contributed by atoms with van der Waals surface area (Å²) < 4.78 is 15.2. The lowest BCUT2D eigenvalue weighted by Crippen LogP contribution is -2.34. The molecule has 5 heteroatoms. The molecule has 0 aromatic heterocycles. The van der Waals surface area contributed by atoms with Gasteiger partial charge in [0.15, 0.2) is 0 Å². The van der Waals surface area contributed by atoms with Crippen molar-refractivity contribution in [2.24, 2.45) is 0 Å². The van der Waals surface area contributed by atoms with Crippen molar-refractivity contribution in [3.63, 3.8) is 0 Å². The van der Waals surface area contributed by atoms with Crippen molar-refractivity contribution in [3.8, 4) is 5.75 Å². The molecule has 1 aliphatic rings. The van der Waals surface area contributed by atoms with Gasteiger partial charge in [-0.25, -0.2) is 0 Å². The first kappa shape index (κ1) is 11.9. The molecule has 2 atom stereocenters. The van der Waals surface area contributed by atoms with Gasteiger partial charge in [-0.15, -0.1) is 0 Å². The molecule has 0 spiro atoms. The Morgan fingerprint density at radius 3 is 2.65 bits per heavy atom. The highest BCUT2D eigenvalue weighted by Crippen LogP contribution is 2.23. The lowest BCUT2D eigenvalue weighted by molar-refractivity contribution is -0.142. The van der Waals surface area contributed by atoms with Crippen LogP contribution in [0, 0.1) is 0 Å². The molecule has 0 bridgehead atoms. The van der Waals surface area contributed by atoms with Crippen LogP contribution in [0.25, 0.3) is 0 Å². The second-order valence-electron chi connectivity index (χ2n) is 3.73. The molecule has 1 fully saturated rings. The van der Waals surface area contributed by atoms with Gasteiger partial charge in [0.25, 0.3) is 0 Å². The Bertz CT molecular complexity index is 390. The van der Waals surface area contributed by atoms with Crippen LogP contribution in [0.3, 0.4) is 0 Å². The molecule has 17 heavy (non-hydrogen) atoms. The molecule has 1 aliphatic heterocycles. The average molecular weight is 237 g/mol. The number of nitrogens with one attached hydrogen (secondary N) is 1. The highest BCUT2D eigenvalue weighted by Gasteiger charge is 2.31. The molecule has 2 unspecified atom stereocenters. The molecule has 92 valence electrons. The minimum Gasteiger partial charge on any atom is -0.497 e. The Balaban J connectivity index is 2.02. The second-order valence-corrected chi connectivity index (χ2v) is 3.73. The monoisotopic (exact) mass is 237 g/mol. The number of rotatable bonds is 3. The third kappa shape index (κ3) is 2.57. The van der Waals surface area contributed by atoms with E-state index in [4.69, 9.17) is 9.47 Å². The largest absolute Gasteiger partial charge is 0.497 e. The summed E-state index contributed by atoms with van der Waals surface area (Å²) in [5.41, 5.74) is 0.956. The minimum absolute atomic E-state index is 0.273. The Morgan fingerprint density at radius 1 is 1.35 bits per heavy atom. The molecule has 1 heterocycles. The van der Waals surface area contributed by atoms with Gasteiger partial charge in [0.2, 0.25) is 0 Å². The Kier molecular flexibility index (Phi) is 3.61. The van der Waals surface area contributed by atoms with E-state index in [1.807, 2.05) is 24.3 Å². The number of esters is 1. The SMILES string of the molecule is COC(=O)C1COC(c2ccc(OC)cc2)N1. The first-order valence-electron chi connectivity index (χ1n) is 5.34. The molecule has 1 aromatic carbocycles. The molecule has 0 amide bonds. The highest BCUT2D eigenvalue weighted by molar-refractivity contribution is 5.76. The molecular weight excluding hydrogens is 222 g/mol. The number of methoxy groups -OCH3 is 2. The Hall–Kier alpha value is -1.59. The van der Waals surface area contributed by atoms with Gasteiger partial charge in [-0.05, 0) is 17.7 Å². The van der Waals surface area contributed by atoms with Crippen molar-refractivity contribution in [3.05, 3.63) is 29.8 Å². The summed E-state index contributed by atoms with van der Waals surface area (Å²) in [6.07, 6.45) is -0.273. The van der Waals surface area contributed by atoms with Gasteiger partial charge in [0, 0.05) is 0 Å². The van der Waals surface area contributed by atoms with Gasteiger partial charge in [-0.2, -0.15) is 0 Å². The molecule has 0 saturated carbocycles. The van der Waals surface area contributed by atoms with Crippen LogP contribution >= 0.6 is 0 Å². The van der Waals surface area contributed by atoms with Crippen molar-refractivity contribution in [1.29, 1.82) is 0 Å². The summed E-state index contributed by atoms with van der Waals surface area (Å²) in [6, 6.07) is 7.11. The zero-order chi connectivity index (χ0) is 12.3. The van der Waals surface area contributed by atoms with Crippen LogP contribution < -0.4 is 10.1 Å². The van der Waals surface area contributed by atoms with Gasteiger partial charge >= 0.3 is 5.97 Å². The second kappa shape index (κ2) is 5.16. The summed E-state index contributed by atoms with van der Waals surface area (Å²) >= 11 is 0. The van der Waals surface area contributed by atoms with Crippen molar-refractivity contribution in [2.75, 3.05) is 20.8 Å². The highest BCUT2D eigenvalue weighted by atomic mass is 16.5. The van der Waals surface area contributed by atoms with Crippen LogP contribution in [0.5, 0.6) is 5.75 Å². The van der Waals surface area contributed by atoms with Gasteiger partial charge in [-0.3, -0.25) is 10.1 Å². The zero-order valence-corrected chi connectivity index (χ0v) is 9.80. The first-order valence-corrected chi connectivity index (χ1v) is 5.34. The van der Waals surface area contributed by atoms with E-state index in [2.05, 4.69) is 10.1 Å². The minimum atomic E-state index is -0.396. The quantitative estimate of drug-likeness (QED) is 0.790. The van der Waals surface area contributed by atoms with Crippen LogP contribution in [-0.4, -0.2) is 32.8 Å². The smallest absolute Gasteiger partial charge is 0.325 e. The topological polar surface area (TPSA) is 56.8 Å². The number of benzene rings is 1. The molecular formula is C12H15NO4. The number of carbonyl (C=O) groups excluding carboxylic acids is 1. The van der Waals surface area contributed by atoms with E-state index in [-0.39, 0.29) is 12.2 Å². The maximum absolute atomic E-state index is 11.3. The number of ether oxygens (including phenoxy) is 3. The summed E-state index contributed by atoms with van der Waals surface area (Å²) in [6.45, 7) is 0.323. The fourth-order valence-electron chi connectivity index (χ4n) is 1.72. The third-order valence-electron chi connectivity index (χ3n) is 2.69. The molecule has 0 radical (unpaired) electrons. The van der Waals surface area contributed by atoms with E-state index in [0.717, 1.165) is 11.3 Å². The lowest BCUT2D eigenvalue weighted by atomic mass is 10.2. The normalized spacial score (nSPS) is 23.4. The first-order chi connectivity index (χ1) is 8.24. The van der Waals surface area contributed by atoms with Gasteiger partial charge in [0.05, 0.1) is 20.8 Å². The zero-order valence-electron chi connectivity index (χ0n) is 9.80. The van der Waals surface area contributed by atoms with E-state index < -0.39 is 6.04 Å². The molecule has 1 saturated heterocycles. The third-order valence-corrected chi connectivity index (χ3v) is 2.69. The van der Waals surface area contributed by atoms with E-state index in [9.17, 15) is 4.79 Å². The molecule has 1 aromatic rings. The summed E-state index contributed by atoms with van der Waals surface area (Å²) in [5, 5.41) is 3.06. The number of hydrogen-bond donors (Lipinski definition) is 1. The van der Waals surface area contributed by atoms with Gasteiger partial charge < -0.3 is 14.2 Å². The maximum Gasteiger partial charge on any atom is 0.325 e. The van der Waals surface area contributed by atoms with Crippen molar-refractivity contribution in [1.82, 2.24) is 5.32 Å². The van der Waals surface area contributed by atoms with Crippen molar-refractivity contribution >= 4 is 5.97 Å². The van der Waals surface area contributed by atoms with Gasteiger partial charge in [-0.1, -0.05) is 12.1 Å². The molecule has 0 aliphatic carbocycles. The van der Waals surface area contributed by atoms with E-state index in [1.165, 1.54) is 7.11 Å². The average Bonchev–Trinajstić information content (AvgIpc) is 2.87. The van der Waals surface area contributed by atoms with Crippen molar-refractivity contribution < 1.29 is 19.0 Å². The number of carbonyl (C=O) groups is 1. The van der Waals surface area contributed by atoms with Crippen LogP contribution in [0.4, 0.5) is 0 Å². The fraction of sp³-hybridized carbons (Fsp3) is 0.417. The van der Waals surface area contributed by atoms with Crippen LogP contribution in [0.15, 0.2) is 24.3 Å². The Labute approximate surface area is 99.7 Å². The summed E-state index contributed by atoms with van der Waals surface area (Å²) in [5.74, 6) is 0.484. The van der Waals surface area contributed by atoms with E-state index in [0.29, 0.717) is 6.61 Å². The fourth-order valence-corrected chi connectivity index (χ4v) is 1.72. The summed E-state index contributed by atoms with van der Waals surface area (Å²) in [7, 11) is 2.98. The van der Waals surface area contributed by atoms with E-state index in [1.54, 1.807) is 7.11 Å². The lowest BCUT2D eigenvalue weighted by Gasteiger charge is -2.11. The van der Waals surface area contributed by atoms with Crippen LogP contribution in [0.1, 0.15) is 11.8 Å². The van der Waals surface area contributed by atoms with E-state index >= 15 is 0 Å². The number of hydrogen-bond acceptors (Lipinski definition) is 5. The predicted molar refractivity (Wildman–Crippen MR) is 60.6 cm³/mol. The van der Waals surface area contributed by atoms with Crippen LogP contribution in [0.2, 0.25) is 0 Å². The molecule has 2 rings (SSSR count).